The van der Waals surface area contributed by atoms with E-state index in [1.165, 1.54) is 44.9 Å². The van der Waals surface area contributed by atoms with Gasteiger partial charge in [-0.2, -0.15) is 0 Å². The number of hydrogen-bond donors (Lipinski definition) is 1. The molecular formula is C14H27NO. The minimum Gasteiger partial charge on any atom is -0.378 e. The fraction of sp³-hybridized carbons (Fsp3) is 1.00. The summed E-state index contributed by atoms with van der Waals surface area (Å²) in [7, 11) is 0. The third-order valence-corrected chi connectivity index (χ3v) is 4.35. The fourth-order valence-electron chi connectivity index (χ4n) is 3.22. The lowest BCUT2D eigenvalue weighted by Gasteiger charge is -2.39. The van der Waals surface area contributed by atoms with Gasteiger partial charge in [0.1, 0.15) is 0 Å². The van der Waals surface area contributed by atoms with Crippen LogP contribution in [0.5, 0.6) is 0 Å². The maximum atomic E-state index is 5.60. The highest BCUT2D eigenvalue weighted by Gasteiger charge is 2.31. The molecule has 2 aliphatic carbocycles. The van der Waals surface area contributed by atoms with Crippen LogP contribution in [0.1, 0.15) is 58.8 Å². The zero-order valence-electron chi connectivity index (χ0n) is 10.9. The summed E-state index contributed by atoms with van der Waals surface area (Å²) in [6.07, 6.45) is 10.2. The van der Waals surface area contributed by atoms with Crippen LogP contribution >= 0.6 is 0 Å². The van der Waals surface area contributed by atoms with Crippen molar-refractivity contribution in [3.63, 3.8) is 0 Å². The molecule has 1 atom stereocenters. The average molecular weight is 225 g/mol. The topological polar surface area (TPSA) is 21.3 Å². The van der Waals surface area contributed by atoms with Crippen molar-refractivity contribution in [1.29, 1.82) is 0 Å². The minimum absolute atomic E-state index is 0.543. The maximum Gasteiger partial charge on any atom is 0.0604 e. The van der Waals surface area contributed by atoms with Crippen molar-refractivity contribution in [3.05, 3.63) is 0 Å². The van der Waals surface area contributed by atoms with Gasteiger partial charge >= 0.3 is 0 Å². The van der Waals surface area contributed by atoms with Crippen LogP contribution in [-0.2, 0) is 4.74 Å². The third-order valence-electron chi connectivity index (χ3n) is 4.35. The lowest BCUT2D eigenvalue weighted by molar-refractivity contribution is -0.0140. The molecule has 2 heteroatoms. The molecule has 1 N–H and O–H groups in total. The van der Waals surface area contributed by atoms with E-state index in [9.17, 15) is 0 Å². The second-order valence-electron chi connectivity index (χ2n) is 5.60. The summed E-state index contributed by atoms with van der Waals surface area (Å²) in [4.78, 5) is 0. The summed E-state index contributed by atoms with van der Waals surface area (Å²) in [5, 5.41) is 3.79. The summed E-state index contributed by atoms with van der Waals surface area (Å²) >= 11 is 0. The third kappa shape index (κ3) is 3.21. The Morgan fingerprint density at radius 2 is 1.88 bits per heavy atom. The molecule has 0 aliphatic heterocycles. The lowest BCUT2D eigenvalue weighted by atomic mass is 9.82. The molecule has 2 fully saturated rings. The first kappa shape index (κ1) is 12.4. The van der Waals surface area contributed by atoms with E-state index in [2.05, 4.69) is 19.2 Å². The van der Waals surface area contributed by atoms with Crippen molar-refractivity contribution in [3.8, 4) is 0 Å². The van der Waals surface area contributed by atoms with E-state index in [-0.39, 0.29) is 0 Å². The Morgan fingerprint density at radius 1 is 1.19 bits per heavy atom. The van der Waals surface area contributed by atoms with E-state index in [1.807, 2.05) is 0 Å². The average Bonchev–Trinajstić information content (AvgIpc) is 2.27. The van der Waals surface area contributed by atoms with Crippen molar-refractivity contribution in [2.75, 3.05) is 6.61 Å². The largest absolute Gasteiger partial charge is 0.378 e. The molecule has 0 saturated heterocycles. The van der Waals surface area contributed by atoms with Crippen LogP contribution in [-0.4, -0.2) is 24.8 Å². The van der Waals surface area contributed by atoms with E-state index >= 15 is 0 Å². The summed E-state index contributed by atoms with van der Waals surface area (Å²) in [5.74, 6) is 0.930. The molecule has 0 heterocycles. The molecule has 0 aromatic carbocycles. The van der Waals surface area contributed by atoms with Crippen molar-refractivity contribution >= 4 is 0 Å². The number of ether oxygens (including phenoxy) is 1. The lowest BCUT2D eigenvalue weighted by Crippen LogP contribution is -2.50. The molecular weight excluding hydrogens is 198 g/mol. The van der Waals surface area contributed by atoms with Gasteiger partial charge in [0.25, 0.3) is 0 Å². The van der Waals surface area contributed by atoms with Gasteiger partial charge in [0.05, 0.1) is 6.10 Å². The van der Waals surface area contributed by atoms with E-state index in [0.717, 1.165) is 18.6 Å². The number of rotatable bonds is 5. The van der Waals surface area contributed by atoms with Gasteiger partial charge in [-0.25, -0.2) is 0 Å². The molecule has 2 nitrogen and oxygen atoms in total. The summed E-state index contributed by atoms with van der Waals surface area (Å²) in [5.41, 5.74) is 0. The molecule has 2 aliphatic rings. The van der Waals surface area contributed by atoms with Gasteiger partial charge in [0.2, 0.25) is 0 Å². The van der Waals surface area contributed by atoms with E-state index in [4.69, 9.17) is 4.74 Å². The quantitative estimate of drug-likeness (QED) is 0.776. The molecule has 0 aromatic heterocycles. The summed E-state index contributed by atoms with van der Waals surface area (Å²) < 4.78 is 5.60. The molecule has 2 saturated carbocycles. The molecule has 94 valence electrons. The molecule has 0 aromatic rings. The second-order valence-corrected chi connectivity index (χ2v) is 5.60. The van der Waals surface area contributed by atoms with Gasteiger partial charge in [-0.15, -0.1) is 0 Å². The zero-order valence-corrected chi connectivity index (χ0v) is 10.9. The molecule has 0 spiro atoms. The second kappa shape index (κ2) is 6.02. The summed E-state index contributed by atoms with van der Waals surface area (Å²) in [6, 6.07) is 1.45. The first-order chi connectivity index (χ1) is 7.79. The van der Waals surface area contributed by atoms with Crippen LogP contribution in [0.4, 0.5) is 0 Å². The fourth-order valence-corrected chi connectivity index (χ4v) is 3.22. The van der Waals surface area contributed by atoms with Crippen molar-refractivity contribution in [2.24, 2.45) is 5.92 Å². The van der Waals surface area contributed by atoms with Gasteiger partial charge in [-0.1, -0.05) is 19.3 Å². The van der Waals surface area contributed by atoms with Crippen molar-refractivity contribution < 1.29 is 4.74 Å². The first-order valence-corrected chi connectivity index (χ1v) is 7.17. The highest BCUT2D eigenvalue weighted by Crippen LogP contribution is 2.29. The van der Waals surface area contributed by atoms with Crippen molar-refractivity contribution in [2.45, 2.75) is 77.0 Å². The van der Waals surface area contributed by atoms with Gasteiger partial charge in [-0.3, -0.25) is 0 Å². The Bertz CT molecular complexity index is 195. The maximum absolute atomic E-state index is 5.60. The van der Waals surface area contributed by atoms with E-state index < -0.39 is 0 Å². The first-order valence-electron chi connectivity index (χ1n) is 7.17. The molecule has 0 unspecified atom stereocenters. The number of hydrogen-bond acceptors (Lipinski definition) is 2. The molecule has 0 bridgehead atoms. The Hall–Kier alpha value is -0.0800. The molecule has 2 rings (SSSR count). The molecule has 0 radical (unpaired) electrons. The highest BCUT2D eigenvalue weighted by atomic mass is 16.5. The smallest absolute Gasteiger partial charge is 0.0604 e. The predicted octanol–water partition coefficient (Wildman–Crippen LogP) is 3.11. The van der Waals surface area contributed by atoms with Crippen LogP contribution in [0.25, 0.3) is 0 Å². The molecule has 16 heavy (non-hydrogen) atoms. The Kier molecular flexibility index (Phi) is 4.66. The predicted molar refractivity (Wildman–Crippen MR) is 67.6 cm³/mol. The monoisotopic (exact) mass is 225 g/mol. The normalized spacial score (nSPS) is 33.4. The van der Waals surface area contributed by atoms with Crippen LogP contribution in [0.2, 0.25) is 0 Å². The van der Waals surface area contributed by atoms with Crippen LogP contribution in [0.15, 0.2) is 0 Å². The van der Waals surface area contributed by atoms with Crippen LogP contribution in [0.3, 0.4) is 0 Å². The van der Waals surface area contributed by atoms with E-state index in [1.54, 1.807) is 0 Å². The van der Waals surface area contributed by atoms with Crippen LogP contribution < -0.4 is 5.32 Å². The Balaban J connectivity index is 1.62. The Morgan fingerprint density at radius 3 is 2.50 bits per heavy atom. The van der Waals surface area contributed by atoms with Gasteiger partial charge < -0.3 is 10.1 Å². The minimum atomic E-state index is 0.543. The van der Waals surface area contributed by atoms with Crippen LogP contribution in [0, 0.1) is 5.92 Å². The van der Waals surface area contributed by atoms with Crippen molar-refractivity contribution in [1.82, 2.24) is 5.32 Å². The number of nitrogens with one attached hydrogen (secondary N) is 1. The zero-order chi connectivity index (χ0) is 11.4. The standard InChI is InChI=1S/C14H27NO/c1-3-16-14-9-13(10-14)15-11(2)12-7-5-4-6-8-12/h11-15H,3-10H2,1-2H3/t11-,13?,14?/m1/s1. The van der Waals surface area contributed by atoms with Gasteiger partial charge in [0.15, 0.2) is 0 Å². The molecule has 0 amide bonds. The highest BCUT2D eigenvalue weighted by molar-refractivity contribution is 4.89. The Labute approximate surface area is 100 Å². The van der Waals surface area contributed by atoms with Gasteiger partial charge in [-0.05, 0) is 45.4 Å². The summed E-state index contributed by atoms with van der Waals surface area (Å²) in [6.45, 7) is 5.34. The van der Waals surface area contributed by atoms with Gasteiger partial charge in [0, 0.05) is 18.7 Å². The SMILES string of the molecule is CCOC1CC(N[C@H](C)C2CCCCC2)C1. The van der Waals surface area contributed by atoms with E-state index in [0.29, 0.717) is 12.1 Å².